The molecule has 1 saturated carbocycles. The molecule has 0 aromatic heterocycles. The highest BCUT2D eigenvalue weighted by atomic mass is 16.5. The van der Waals surface area contributed by atoms with Gasteiger partial charge in [-0.3, -0.25) is 4.79 Å². The average molecular weight is 228 g/mol. The van der Waals surface area contributed by atoms with Crippen molar-refractivity contribution in [3.05, 3.63) is 0 Å². The zero-order chi connectivity index (χ0) is 11.8. The van der Waals surface area contributed by atoms with Crippen molar-refractivity contribution in [2.24, 2.45) is 5.73 Å². The van der Waals surface area contributed by atoms with Crippen LogP contribution in [0.15, 0.2) is 0 Å². The molecule has 0 unspecified atom stereocenters. The van der Waals surface area contributed by atoms with Gasteiger partial charge in [0, 0.05) is 13.2 Å². The third-order valence-electron chi connectivity index (χ3n) is 3.35. The molecule has 90 valence electrons. The van der Waals surface area contributed by atoms with Crippen molar-refractivity contribution in [2.45, 2.75) is 36.8 Å². The Bertz CT molecular complexity index is 319. The topological polar surface area (TPSA) is 102 Å². The van der Waals surface area contributed by atoms with Gasteiger partial charge in [0.1, 0.15) is 5.54 Å². The van der Waals surface area contributed by atoms with Crippen LogP contribution in [0.2, 0.25) is 0 Å². The standard InChI is InChI=1S/C10H16N2O4/c11-9(3-5-16-6-4-9)7(13)12-10(1-2-10)8(14)15/h1-6,11H2,(H,12,13)(H,14,15). The van der Waals surface area contributed by atoms with Crippen molar-refractivity contribution in [1.82, 2.24) is 5.32 Å². The Hall–Kier alpha value is -1.14. The minimum Gasteiger partial charge on any atom is -0.480 e. The van der Waals surface area contributed by atoms with Crippen LogP contribution in [0, 0.1) is 0 Å². The lowest BCUT2D eigenvalue weighted by molar-refractivity contribution is -0.144. The molecule has 1 aliphatic carbocycles. The summed E-state index contributed by atoms with van der Waals surface area (Å²) in [5, 5.41) is 11.5. The van der Waals surface area contributed by atoms with Gasteiger partial charge in [-0.05, 0) is 25.7 Å². The fraction of sp³-hybridized carbons (Fsp3) is 0.800. The Morgan fingerprint density at radius 2 is 1.75 bits per heavy atom. The number of hydrogen-bond acceptors (Lipinski definition) is 4. The molecule has 2 rings (SSSR count). The van der Waals surface area contributed by atoms with E-state index in [-0.39, 0.29) is 5.91 Å². The molecule has 0 radical (unpaired) electrons. The van der Waals surface area contributed by atoms with Crippen molar-refractivity contribution in [1.29, 1.82) is 0 Å². The van der Waals surface area contributed by atoms with Gasteiger partial charge in [0.25, 0.3) is 0 Å². The molecule has 1 saturated heterocycles. The lowest BCUT2D eigenvalue weighted by Crippen LogP contribution is -2.60. The van der Waals surface area contributed by atoms with Crippen LogP contribution in [0.25, 0.3) is 0 Å². The smallest absolute Gasteiger partial charge is 0.329 e. The highest BCUT2D eigenvalue weighted by molar-refractivity contribution is 5.93. The van der Waals surface area contributed by atoms with E-state index in [1.807, 2.05) is 0 Å². The van der Waals surface area contributed by atoms with Gasteiger partial charge in [0.05, 0.1) is 5.54 Å². The van der Waals surface area contributed by atoms with Crippen LogP contribution in [0.3, 0.4) is 0 Å². The van der Waals surface area contributed by atoms with Gasteiger partial charge < -0.3 is 20.9 Å². The molecule has 4 N–H and O–H groups in total. The number of carboxylic acid groups (broad SMARTS) is 1. The second-order valence-electron chi connectivity index (χ2n) is 4.61. The summed E-state index contributed by atoms with van der Waals surface area (Å²) in [6, 6.07) is 0. The molecular formula is C10H16N2O4. The number of ether oxygens (including phenoxy) is 1. The first-order valence-electron chi connectivity index (χ1n) is 5.41. The van der Waals surface area contributed by atoms with Crippen LogP contribution >= 0.6 is 0 Å². The van der Waals surface area contributed by atoms with Crippen molar-refractivity contribution in [2.75, 3.05) is 13.2 Å². The van der Waals surface area contributed by atoms with Gasteiger partial charge in [0.2, 0.25) is 5.91 Å². The lowest BCUT2D eigenvalue weighted by atomic mass is 9.90. The quantitative estimate of drug-likeness (QED) is 0.588. The number of hydrogen-bond donors (Lipinski definition) is 3. The molecular weight excluding hydrogens is 212 g/mol. The van der Waals surface area contributed by atoms with Crippen molar-refractivity contribution < 1.29 is 19.4 Å². The van der Waals surface area contributed by atoms with Gasteiger partial charge in [-0.1, -0.05) is 0 Å². The maximum absolute atomic E-state index is 11.9. The lowest BCUT2D eigenvalue weighted by Gasteiger charge is -2.32. The van der Waals surface area contributed by atoms with E-state index in [9.17, 15) is 9.59 Å². The predicted octanol–water partition coefficient (Wildman–Crippen LogP) is -0.772. The molecule has 1 aliphatic heterocycles. The van der Waals surface area contributed by atoms with Gasteiger partial charge >= 0.3 is 5.97 Å². The fourth-order valence-corrected chi connectivity index (χ4v) is 1.82. The summed E-state index contributed by atoms with van der Waals surface area (Å²) in [4.78, 5) is 22.9. The molecule has 0 spiro atoms. The Labute approximate surface area is 93.1 Å². The highest BCUT2D eigenvalue weighted by Crippen LogP contribution is 2.36. The van der Waals surface area contributed by atoms with E-state index in [2.05, 4.69) is 5.32 Å². The Morgan fingerprint density at radius 3 is 2.19 bits per heavy atom. The van der Waals surface area contributed by atoms with E-state index in [1.165, 1.54) is 0 Å². The van der Waals surface area contributed by atoms with E-state index in [0.29, 0.717) is 38.9 Å². The maximum atomic E-state index is 11.9. The third-order valence-corrected chi connectivity index (χ3v) is 3.35. The van der Waals surface area contributed by atoms with Gasteiger partial charge in [-0.2, -0.15) is 0 Å². The first-order valence-corrected chi connectivity index (χ1v) is 5.41. The normalized spacial score (nSPS) is 25.8. The van der Waals surface area contributed by atoms with Crippen LogP contribution in [0.1, 0.15) is 25.7 Å². The number of carboxylic acids is 1. The zero-order valence-corrected chi connectivity index (χ0v) is 8.99. The monoisotopic (exact) mass is 228 g/mol. The second-order valence-corrected chi connectivity index (χ2v) is 4.61. The summed E-state index contributed by atoms with van der Waals surface area (Å²) in [5.74, 6) is -1.34. The van der Waals surface area contributed by atoms with Crippen LogP contribution in [-0.4, -0.2) is 41.3 Å². The number of rotatable bonds is 3. The van der Waals surface area contributed by atoms with Crippen LogP contribution in [-0.2, 0) is 14.3 Å². The summed E-state index contributed by atoms with van der Waals surface area (Å²) < 4.78 is 5.13. The average Bonchev–Trinajstić information content (AvgIpc) is 3.00. The molecule has 6 nitrogen and oxygen atoms in total. The van der Waals surface area contributed by atoms with Crippen LogP contribution in [0.4, 0.5) is 0 Å². The number of amides is 1. The highest BCUT2D eigenvalue weighted by Gasteiger charge is 2.53. The number of carbonyl (C=O) groups is 2. The summed E-state index contributed by atoms with van der Waals surface area (Å²) in [5.41, 5.74) is 3.93. The molecule has 2 aliphatic rings. The minimum atomic E-state index is -1.05. The Balaban J connectivity index is 2.00. The molecule has 0 aromatic carbocycles. The third kappa shape index (κ3) is 1.90. The van der Waals surface area contributed by atoms with Crippen LogP contribution < -0.4 is 11.1 Å². The first-order chi connectivity index (χ1) is 7.49. The van der Waals surface area contributed by atoms with E-state index < -0.39 is 17.0 Å². The molecule has 6 heteroatoms. The Kier molecular flexibility index (Phi) is 2.63. The largest absolute Gasteiger partial charge is 0.480 e. The molecule has 0 aromatic rings. The van der Waals surface area contributed by atoms with E-state index in [1.54, 1.807) is 0 Å². The predicted molar refractivity (Wildman–Crippen MR) is 54.7 cm³/mol. The SMILES string of the molecule is NC1(C(=O)NC2(C(=O)O)CC2)CCOCC1. The molecule has 16 heavy (non-hydrogen) atoms. The number of nitrogens with one attached hydrogen (secondary N) is 1. The number of carbonyl (C=O) groups excluding carboxylic acids is 1. The van der Waals surface area contributed by atoms with Gasteiger partial charge in [-0.15, -0.1) is 0 Å². The summed E-state index contributed by atoms with van der Waals surface area (Å²) in [6.45, 7) is 0.897. The van der Waals surface area contributed by atoms with Crippen molar-refractivity contribution >= 4 is 11.9 Å². The van der Waals surface area contributed by atoms with Gasteiger partial charge in [-0.25, -0.2) is 4.79 Å². The van der Waals surface area contributed by atoms with Gasteiger partial charge in [0.15, 0.2) is 0 Å². The molecule has 0 atom stereocenters. The van der Waals surface area contributed by atoms with Crippen molar-refractivity contribution in [3.8, 4) is 0 Å². The Morgan fingerprint density at radius 1 is 1.19 bits per heavy atom. The van der Waals surface area contributed by atoms with E-state index in [4.69, 9.17) is 15.6 Å². The zero-order valence-electron chi connectivity index (χ0n) is 8.99. The maximum Gasteiger partial charge on any atom is 0.329 e. The number of nitrogens with two attached hydrogens (primary N) is 1. The van der Waals surface area contributed by atoms with Crippen LogP contribution in [0.5, 0.6) is 0 Å². The second kappa shape index (κ2) is 3.71. The minimum absolute atomic E-state index is 0.365. The van der Waals surface area contributed by atoms with Crippen molar-refractivity contribution in [3.63, 3.8) is 0 Å². The molecule has 1 heterocycles. The number of aliphatic carboxylic acids is 1. The first kappa shape index (κ1) is 11.3. The van der Waals surface area contributed by atoms with E-state index >= 15 is 0 Å². The summed E-state index contributed by atoms with van der Waals surface area (Å²) in [7, 11) is 0. The summed E-state index contributed by atoms with van der Waals surface area (Å²) >= 11 is 0. The van der Waals surface area contributed by atoms with E-state index in [0.717, 1.165) is 0 Å². The molecule has 2 fully saturated rings. The molecule has 1 amide bonds. The summed E-state index contributed by atoms with van der Waals surface area (Å²) in [6.07, 6.45) is 1.85. The molecule has 0 bridgehead atoms. The fourth-order valence-electron chi connectivity index (χ4n) is 1.82.